The number of benzene rings is 1. The standard InChI is InChI=1S/C15H19ClN2O/c1-10(6-12-4-3-5-14(16)7-12)18-15(19)11(2)13-8-17-9-13/h3-5,7,10,17H,6,8-9H2,1-2H3,(H,18,19). The normalized spacial score (nSPS) is 15.6. The van der Waals surface area contributed by atoms with Gasteiger partial charge in [0.1, 0.15) is 0 Å². The maximum absolute atomic E-state index is 12.0. The molecule has 1 unspecified atom stereocenters. The van der Waals surface area contributed by atoms with Crippen molar-refractivity contribution in [1.29, 1.82) is 0 Å². The number of halogens is 1. The van der Waals surface area contributed by atoms with E-state index in [1.54, 1.807) is 0 Å². The molecule has 0 bridgehead atoms. The molecular formula is C15H19ClN2O. The summed E-state index contributed by atoms with van der Waals surface area (Å²) < 4.78 is 0. The van der Waals surface area contributed by atoms with Crippen LogP contribution >= 0.6 is 11.6 Å². The van der Waals surface area contributed by atoms with Crippen LogP contribution in [0.3, 0.4) is 0 Å². The second kappa shape index (κ2) is 6.22. The molecule has 0 aromatic heterocycles. The van der Waals surface area contributed by atoms with Crippen LogP contribution in [-0.4, -0.2) is 25.0 Å². The number of nitrogens with one attached hydrogen (secondary N) is 2. The maximum atomic E-state index is 12.0. The third-order valence-electron chi connectivity index (χ3n) is 3.36. The molecule has 2 N–H and O–H groups in total. The number of hydrogen-bond donors (Lipinski definition) is 2. The Morgan fingerprint density at radius 2 is 2.21 bits per heavy atom. The van der Waals surface area contributed by atoms with Crippen molar-refractivity contribution in [2.75, 3.05) is 13.1 Å². The molecule has 0 radical (unpaired) electrons. The highest BCUT2D eigenvalue weighted by Gasteiger charge is 2.17. The molecule has 1 aliphatic heterocycles. The number of rotatable bonds is 4. The molecule has 4 heteroatoms. The highest BCUT2D eigenvalue weighted by atomic mass is 35.5. The van der Waals surface area contributed by atoms with Crippen LogP contribution in [0.1, 0.15) is 19.4 Å². The third-order valence-corrected chi connectivity index (χ3v) is 3.59. The lowest BCUT2D eigenvalue weighted by Crippen LogP contribution is -2.40. The zero-order chi connectivity index (χ0) is 13.8. The van der Waals surface area contributed by atoms with Gasteiger partial charge in [-0.15, -0.1) is 0 Å². The average molecular weight is 279 g/mol. The quantitative estimate of drug-likeness (QED) is 0.830. The smallest absolute Gasteiger partial charge is 0.247 e. The Hall–Kier alpha value is -1.32. The van der Waals surface area contributed by atoms with Crippen LogP contribution in [0.25, 0.3) is 0 Å². The molecule has 1 aliphatic rings. The van der Waals surface area contributed by atoms with Crippen molar-refractivity contribution in [3.05, 3.63) is 46.0 Å². The monoisotopic (exact) mass is 278 g/mol. The summed E-state index contributed by atoms with van der Waals surface area (Å²) in [5.74, 6) is 0.0334. The Morgan fingerprint density at radius 3 is 2.79 bits per heavy atom. The Kier molecular flexibility index (Phi) is 4.61. The molecular weight excluding hydrogens is 260 g/mol. The molecule has 1 aromatic carbocycles. The average Bonchev–Trinajstić information content (AvgIpc) is 2.26. The van der Waals surface area contributed by atoms with Crippen LogP contribution in [0.5, 0.6) is 0 Å². The van der Waals surface area contributed by atoms with Gasteiger partial charge in [0, 0.05) is 29.7 Å². The molecule has 0 saturated carbocycles. The fraction of sp³-hybridized carbons (Fsp3) is 0.400. The first-order valence-electron chi connectivity index (χ1n) is 6.51. The summed E-state index contributed by atoms with van der Waals surface area (Å²) in [4.78, 5) is 12.0. The molecule has 3 nitrogen and oxygen atoms in total. The molecule has 1 amide bonds. The van der Waals surface area contributed by atoms with Crippen molar-refractivity contribution in [3.8, 4) is 0 Å². The Morgan fingerprint density at radius 1 is 1.47 bits per heavy atom. The Bertz CT molecular complexity index is 505. The van der Waals surface area contributed by atoms with Crippen molar-refractivity contribution in [2.24, 2.45) is 0 Å². The number of hydrogen-bond acceptors (Lipinski definition) is 2. The predicted octanol–water partition coefficient (Wildman–Crippen LogP) is 2.31. The van der Waals surface area contributed by atoms with E-state index in [2.05, 4.69) is 10.6 Å². The lowest BCUT2D eigenvalue weighted by Gasteiger charge is -2.22. The predicted molar refractivity (Wildman–Crippen MR) is 78.3 cm³/mol. The lowest BCUT2D eigenvalue weighted by atomic mass is 10.0. The molecule has 1 aromatic rings. The molecule has 1 atom stereocenters. The molecule has 19 heavy (non-hydrogen) atoms. The maximum Gasteiger partial charge on any atom is 0.247 e. The summed E-state index contributed by atoms with van der Waals surface area (Å²) in [7, 11) is 0. The van der Waals surface area contributed by atoms with Gasteiger partial charge in [-0.1, -0.05) is 23.7 Å². The zero-order valence-corrected chi connectivity index (χ0v) is 12.1. The van der Waals surface area contributed by atoms with Crippen molar-refractivity contribution in [2.45, 2.75) is 26.3 Å². The van der Waals surface area contributed by atoms with Gasteiger partial charge in [0.25, 0.3) is 0 Å². The first kappa shape index (κ1) is 14.1. The number of amides is 1. The van der Waals surface area contributed by atoms with E-state index in [1.807, 2.05) is 38.1 Å². The fourth-order valence-electron chi connectivity index (χ4n) is 2.08. The highest BCUT2D eigenvalue weighted by molar-refractivity contribution is 6.30. The molecule has 1 fully saturated rings. The highest BCUT2D eigenvalue weighted by Crippen LogP contribution is 2.13. The number of carbonyl (C=O) groups excluding carboxylic acids is 1. The molecule has 102 valence electrons. The first-order chi connectivity index (χ1) is 9.06. The van der Waals surface area contributed by atoms with E-state index in [-0.39, 0.29) is 11.9 Å². The van der Waals surface area contributed by atoms with Crippen molar-refractivity contribution >= 4 is 17.5 Å². The third kappa shape index (κ3) is 3.82. The van der Waals surface area contributed by atoms with E-state index in [9.17, 15) is 4.79 Å². The minimum Gasteiger partial charge on any atom is -0.350 e. The fourth-order valence-corrected chi connectivity index (χ4v) is 2.29. The van der Waals surface area contributed by atoms with Crippen LogP contribution in [0, 0.1) is 0 Å². The molecule has 2 rings (SSSR count). The second-order valence-corrected chi connectivity index (χ2v) is 5.48. The number of carbonyl (C=O) groups is 1. The van der Waals surface area contributed by atoms with Crippen molar-refractivity contribution in [3.63, 3.8) is 0 Å². The van der Waals surface area contributed by atoms with Crippen LogP contribution in [0.2, 0.25) is 5.02 Å². The van der Waals surface area contributed by atoms with Crippen LogP contribution in [-0.2, 0) is 11.2 Å². The van der Waals surface area contributed by atoms with E-state index in [0.717, 1.165) is 35.7 Å². The first-order valence-corrected chi connectivity index (χ1v) is 6.88. The summed E-state index contributed by atoms with van der Waals surface area (Å²) in [6.45, 7) is 5.57. The SMILES string of the molecule is CC(C(=O)NC(C)Cc1cccc(Cl)c1)=C1CNC1. The molecule has 0 spiro atoms. The summed E-state index contributed by atoms with van der Waals surface area (Å²) in [6, 6.07) is 7.84. The summed E-state index contributed by atoms with van der Waals surface area (Å²) in [6.07, 6.45) is 0.785. The van der Waals surface area contributed by atoms with Gasteiger partial charge in [-0.2, -0.15) is 0 Å². The van der Waals surface area contributed by atoms with Gasteiger partial charge < -0.3 is 10.6 Å². The van der Waals surface area contributed by atoms with Gasteiger partial charge in [-0.3, -0.25) is 4.79 Å². The van der Waals surface area contributed by atoms with Gasteiger partial charge in [0.2, 0.25) is 5.91 Å². The van der Waals surface area contributed by atoms with Crippen LogP contribution < -0.4 is 10.6 Å². The lowest BCUT2D eigenvalue weighted by molar-refractivity contribution is -0.118. The van der Waals surface area contributed by atoms with E-state index in [4.69, 9.17) is 11.6 Å². The Labute approximate surface area is 119 Å². The van der Waals surface area contributed by atoms with Gasteiger partial charge in [0.15, 0.2) is 0 Å². The molecule has 1 saturated heterocycles. The minimum absolute atomic E-state index is 0.0334. The van der Waals surface area contributed by atoms with Crippen LogP contribution in [0.4, 0.5) is 0 Å². The summed E-state index contributed by atoms with van der Waals surface area (Å²) >= 11 is 5.95. The topological polar surface area (TPSA) is 41.1 Å². The molecule has 0 aliphatic carbocycles. The van der Waals surface area contributed by atoms with Crippen molar-refractivity contribution < 1.29 is 4.79 Å². The minimum atomic E-state index is 0.0334. The molecule has 1 heterocycles. The van der Waals surface area contributed by atoms with Crippen molar-refractivity contribution in [1.82, 2.24) is 10.6 Å². The van der Waals surface area contributed by atoms with Crippen LogP contribution in [0.15, 0.2) is 35.4 Å². The van der Waals surface area contributed by atoms with E-state index in [1.165, 1.54) is 5.57 Å². The van der Waals surface area contributed by atoms with Gasteiger partial charge in [0.05, 0.1) is 0 Å². The van der Waals surface area contributed by atoms with E-state index >= 15 is 0 Å². The van der Waals surface area contributed by atoms with E-state index < -0.39 is 0 Å². The zero-order valence-electron chi connectivity index (χ0n) is 11.3. The van der Waals surface area contributed by atoms with Gasteiger partial charge in [-0.25, -0.2) is 0 Å². The van der Waals surface area contributed by atoms with E-state index in [0.29, 0.717) is 0 Å². The summed E-state index contributed by atoms with van der Waals surface area (Å²) in [5.41, 5.74) is 3.18. The largest absolute Gasteiger partial charge is 0.350 e. The summed E-state index contributed by atoms with van der Waals surface area (Å²) in [5, 5.41) is 6.90. The van der Waals surface area contributed by atoms with Gasteiger partial charge >= 0.3 is 0 Å². The van der Waals surface area contributed by atoms with Gasteiger partial charge in [-0.05, 0) is 43.5 Å². The second-order valence-electron chi connectivity index (χ2n) is 5.04. The Balaban J connectivity index is 1.90.